The van der Waals surface area contributed by atoms with Gasteiger partial charge in [0.1, 0.15) is 13.3 Å². The minimum absolute atomic E-state index is 0.0179. The van der Waals surface area contributed by atoms with E-state index in [0.29, 0.717) is 0 Å². The largest absolute Gasteiger partial charge is 0.479 e. The summed E-state index contributed by atoms with van der Waals surface area (Å²) in [5, 5.41) is 8.98. The minimum Gasteiger partial charge on any atom is -0.479 e. The lowest BCUT2D eigenvalue weighted by atomic mass is 10.1. The van der Waals surface area contributed by atoms with E-state index in [1.807, 2.05) is 30.3 Å². The normalized spacial score (nSPS) is 22.3. The first-order valence-corrected chi connectivity index (χ1v) is 5.84. The van der Waals surface area contributed by atoms with Gasteiger partial charge in [-0.15, -0.1) is 0 Å². The van der Waals surface area contributed by atoms with Crippen LogP contribution in [0.3, 0.4) is 0 Å². The van der Waals surface area contributed by atoms with Crippen molar-refractivity contribution in [3.63, 3.8) is 0 Å². The van der Waals surface area contributed by atoms with Gasteiger partial charge in [0.15, 0.2) is 5.60 Å². The summed E-state index contributed by atoms with van der Waals surface area (Å²) < 4.78 is 10.2. The third-order valence-electron chi connectivity index (χ3n) is 2.95. The quantitative estimate of drug-likeness (QED) is 0.895. The molecular formula is C13H15NO5. The highest BCUT2D eigenvalue weighted by Gasteiger charge is 2.44. The van der Waals surface area contributed by atoms with Crippen molar-refractivity contribution in [1.82, 2.24) is 4.90 Å². The van der Waals surface area contributed by atoms with E-state index in [4.69, 9.17) is 14.6 Å². The molecule has 6 heteroatoms. The fourth-order valence-electron chi connectivity index (χ4n) is 1.73. The molecule has 1 amide bonds. The van der Waals surface area contributed by atoms with Crippen molar-refractivity contribution in [2.45, 2.75) is 19.1 Å². The highest BCUT2D eigenvalue weighted by atomic mass is 16.6. The van der Waals surface area contributed by atoms with Gasteiger partial charge < -0.3 is 14.6 Å². The SMILES string of the molecule is C[C@@]1(C(=O)O)CN(C(=O)OCc2ccccc2)CO1. The second-order valence-electron chi connectivity index (χ2n) is 4.55. The Hall–Kier alpha value is -2.08. The molecule has 2 rings (SSSR count). The molecule has 1 aliphatic rings. The molecule has 6 nitrogen and oxygen atoms in total. The zero-order valence-electron chi connectivity index (χ0n) is 10.5. The van der Waals surface area contributed by atoms with Crippen LogP contribution in [0, 0.1) is 0 Å². The number of nitrogens with zero attached hydrogens (tertiary/aromatic N) is 1. The fourth-order valence-corrected chi connectivity index (χ4v) is 1.73. The Morgan fingerprint density at radius 2 is 2.11 bits per heavy atom. The van der Waals surface area contributed by atoms with E-state index in [1.54, 1.807) is 0 Å². The lowest BCUT2D eigenvalue weighted by Gasteiger charge is -2.17. The lowest BCUT2D eigenvalue weighted by molar-refractivity contribution is -0.156. The first-order valence-electron chi connectivity index (χ1n) is 5.84. The molecule has 0 spiro atoms. The Morgan fingerprint density at radius 3 is 2.68 bits per heavy atom. The molecule has 0 bridgehead atoms. The molecule has 1 atom stereocenters. The van der Waals surface area contributed by atoms with Crippen LogP contribution in [0.1, 0.15) is 12.5 Å². The van der Waals surface area contributed by atoms with E-state index in [2.05, 4.69) is 0 Å². The number of aliphatic carboxylic acids is 1. The zero-order valence-corrected chi connectivity index (χ0v) is 10.5. The van der Waals surface area contributed by atoms with Crippen LogP contribution in [0.4, 0.5) is 4.79 Å². The second-order valence-corrected chi connectivity index (χ2v) is 4.55. The molecule has 1 N–H and O–H groups in total. The standard InChI is InChI=1S/C13H15NO5/c1-13(11(15)16)8-14(9-19-13)12(17)18-7-10-5-3-2-4-6-10/h2-6H,7-9H2,1H3,(H,15,16)/t13-/m0/s1. The van der Waals surface area contributed by atoms with Crippen LogP contribution in [-0.4, -0.2) is 40.9 Å². The minimum atomic E-state index is -1.36. The van der Waals surface area contributed by atoms with Crippen molar-refractivity contribution in [2.24, 2.45) is 0 Å². The molecule has 1 fully saturated rings. The summed E-state index contributed by atoms with van der Waals surface area (Å²) in [5.74, 6) is -1.09. The van der Waals surface area contributed by atoms with E-state index in [-0.39, 0.29) is 19.9 Å². The number of hydrogen-bond donors (Lipinski definition) is 1. The van der Waals surface area contributed by atoms with Crippen molar-refractivity contribution in [2.75, 3.05) is 13.3 Å². The molecule has 19 heavy (non-hydrogen) atoms. The van der Waals surface area contributed by atoms with Crippen molar-refractivity contribution in [3.05, 3.63) is 35.9 Å². The number of amides is 1. The van der Waals surface area contributed by atoms with Gasteiger partial charge in [-0.2, -0.15) is 0 Å². The Labute approximate surface area is 110 Å². The summed E-state index contributed by atoms with van der Waals surface area (Å²) in [6.45, 7) is 1.49. The summed E-state index contributed by atoms with van der Waals surface area (Å²) in [6, 6.07) is 9.26. The van der Waals surface area contributed by atoms with Gasteiger partial charge in [-0.25, -0.2) is 9.59 Å². The number of carbonyl (C=O) groups excluding carboxylic acids is 1. The fraction of sp³-hybridized carbons (Fsp3) is 0.385. The number of benzene rings is 1. The molecule has 1 aromatic rings. The van der Waals surface area contributed by atoms with Gasteiger partial charge in [0.2, 0.25) is 0 Å². The number of rotatable bonds is 3. The third-order valence-corrected chi connectivity index (χ3v) is 2.95. The van der Waals surface area contributed by atoms with Gasteiger partial charge >= 0.3 is 12.1 Å². The molecule has 102 valence electrons. The van der Waals surface area contributed by atoms with E-state index in [9.17, 15) is 9.59 Å². The molecule has 1 aliphatic heterocycles. The number of ether oxygens (including phenoxy) is 2. The van der Waals surface area contributed by atoms with Crippen LogP contribution in [-0.2, 0) is 20.9 Å². The molecule has 0 saturated carbocycles. The molecule has 1 heterocycles. The van der Waals surface area contributed by atoms with Gasteiger partial charge in [0.05, 0.1) is 6.54 Å². The predicted molar refractivity (Wildman–Crippen MR) is 65.3 cm³/mol. The zero-order chi connectivity index (χ0) is 13.9. The van der Waals surface area contributed by atoms with Crippen LogP contribution >= 0.6 is 0 Å². The van der Waals surface area contributed by atoms with Crippen molar-refractivity contribution >= 4 is 12.1 Å². The topological polar surface area (TPSA) is 76.1 Å². The second kappa shape index (κ2) is 5.27. The van der Waals surface area contributed by atoms with Gasteiger partial charge in [0, 0.05) is 0 Å². The Bertz CT molecular complexity index is 475. The average molecular weight is 265 g/mol. The monoisotopic (exact) mass is 265 g/mol. The summed E-state index contributed by atoms with van der Waals surface area (Å²) in [5.41, 5.74) is -0.483. The van der Waals surface area contributed by atoms with Crippen LogP contribution in [0.2, 0.25) is 0 Å². The van der Waals surface area contributed by atoms with E-state index < -0.39 is 17.7 Å². The maximum Gasteiger partial charge on any atom is 0.412 e. The van der Waals surface area contributed by atoms with Gasteiger partial charge in [-0.05, 0) is 12.5 Å². The number of carbonyl (C=O) groups is 2. The third kappa shape index (κ3) is 3.03. The first-order chi connectivity index (χ1) is 9.01. The number of carboxylic acids is 1. The smallest absolute Gasteiger partial charge is 0.412 e. The van der Waals surface area contributed by atoms with Crippen LogP contribution in [0.5, 0.6) is 0 Å². The maximum atomic E-state index is 11.8. The first kappa shape index (κ1) is 13.4. The van der Waals surface area contributed by atoms with Crippen molar-refractivity contribution in [3.8, 4) is 0 Å². The lowest BCUT2D eigenvalue weighted by Crippen LogP contribution is -2.41. The summed E-state index contributed by atoms with van der Waals surface area (Å²) in [7, 11) is 0. The highest BCUT2D eigenvalue weighted by Crippen LogP contribution is 2.21. The maximum absolute atomic E-state index is 11.8. The molecule has 0 unspecified atom stereocenters. The van der Waals surface area contributed by atoms with Crippen LogP contribution in [0.25, 0.3) is 0 Å². The molecule has 1 aromatic carbocycles. The van der Waals surface area contributed by atoms with E-state index >= 15 is 0 Å². The highest BCUT2D eigenvalue weighted by molar-refractivity contribution is 5.79. The molecule has 0 aliphatic carbocycles. The summed E-state index contributed by atoms with van der Waals surface area (Å²) >= 11 is 0. The molecular weight excluding hydrogens is 250 g/mol. The molecule has 1 saturated heterocycles. The van der Waals surface area contributed by atoms with Gasteiger partial charge in [-0.1, -0.05) is 30.3 Å². The van der Waals surface area contributed by atoms with Gasteiger partial charge in [0.25, 0.3) is 0 Å². The van der Waals surface area contributed by atoms with Crippen LogP contribution in [0.15, 0.2) is 30.3 Å². The summed E-state index contributed by atoms with van der Waals surface area (Å²) in [6.07, 6.45) is -0.575. The van der Waals surface area contributed by atoms with Crippen LogP contribution < -0.4 is 0 Å². The molecule has 0 radical (unpaired) electrons. The number of hydrogen-bond acceptors (Lipinski definition) is 4. The number of carboxylic acid groups (broad SMARTS) is 1. The van der Waals surface area contributed by atoms with Crippen molar-refractivity contribution < 1.29 is 24.2 Å². The Kier molecular flexibility index (Phi) is 3.71. The molecule has 0 aromatic heterocycles. The van der Waals surface area contributed by atoms with Gasteiger partial charge in [-0.3, -0.25) is 4.90 Å². The van der Waals surface area contributed by atoms with Crippen molar-refractivity contribution in [1.29, 1.82) is 0 Å². The average Bonchev–Trinajstić information content (AvgIpc) is 2.81. The Balaban J connectivity index is 1.87. The summed E-state index contributed by atoms with van der Waals surface area (Å²) in [4.78, 5) is 24.0. The van der Waals surface area contributed by atoms with E-state index in [1.165, 1.54) is 11.8 Å². The Morgan fingerprint density at radius 1 is 1.42 bits per heavy atom. The van der Waals surface area contributed by atoms with E-state index in [0.717, 1.165) is 5.56 Å². The predicted octanol–water partition coefficient (Wildman–Crippen LogP) is 1.46.